The van der Waals surface area contributed by atoms with Crippen molar-refractivity contribution < 1.29 is 4.74 Å². The Labute approximate surface area is 96.8 Å². The molecule has 0 N–H and O–H groups in total. The van der Waals surface area contributed by atoms with Crippen LogP contribution in [-0.4, -0.2) is 24.6 Å². The van der Waals surface area contributed by atoms with E-state index in [2.05, 4.69) is 24.0 Å². The van der Waals surface area contributed by atoms with Gasteiger partial charge in [-0.3, -0.25) is 4.90 Å². The number of nitrogens with zero attached hydrogens (tertiary/aromatic N) is 1. The van der Waals surface area contributed by atoms with Gasteiger partial charge in [0, 0.05) is 6.54 Å². The number of halogens is 1. The summed E-state index contributed by atoms with van der Waals surface area (Å²) in [7, 11) is 2.00. The first-order chi connectivity index (χ1) is 7.17. The summed E-state index contributed by atoms with van der Waals surface area (Å²) in [6.07, 6.45) is 0. The third kappa shape index (κ3) is 3.73. The van der Waals surface area contributed by atoms with Crippen LogP contribution in [0.3, 0.4) is 0 Å². The van der Waals surface area contributed by atoms with Crippen molar-refractivity contribution in [3.63, 3.8) is 0 Å². The molecule has 0 aliphatic carbocycles. The van der Waals surface area contributed by atoms with E-state index in [1.807, 2.05) is 20.0 Å². The zero-order valence-electron chi connectivity index (χ0n) is 9.59. The minimum Gasteiger partial charge on any atom is -0.494 e. The predicted octanol–water partition coefficient (Wildman–Crippen LogP) is 3.02. The molecule has 0 saturated carbocycles. The number of ether oxygens (including phenoxy) is 1. The second kappa shape index (κ2) is 5.99. The Balaban J connectivity index is 2.73. The fourth-order valence-electron chi connectivity index (χ4n) is 1.48. The van der Waals surface area contributed by atoms with E-state index in [-0.39, 0.29) is 0 Å². The van der Waals surface area contributed by atoms with Gasteiger partial charge in [0.05, 0.1) is 12.6 Å². The number of rotatable bonds is 5. The molecule has 0 aromatic heterocycles. The van der Waals surface area contributed by atoms with Crippen LogP contribution in [0.2, 0.25) is 0 Å². The molecule has 3 heteroatoms. The SMILES string of the molecule is CCOc1ccc(CN(C)CCl)cc1C. The smallest absolute Gasteiger partial charge is 0.122 e. The summed E-state index contributed by atoms with van der Waals surface area (Å²) in [5.74, 6) is 0.967. The van der Waals surface area contributed by atoms with Crippen LogP contribution < -0.4 is 4.74 Å². The summed E-state index contributed by atoms with van der Waals surface area (Å²) in [6, 6.07) is 6.80. The molecule has 1 aromatic carbocycles. The number of alkyl halides is 1. The van der Waals surface area contributed by atoms with Crippen LogP contribution in [0.1, 0.15) is 18.1 Å². The van der Waals surface area contributed by atoms with E-state index < -0.39 is 0 Å². The summed E-state index contributed by atoms with van der Waals surface area (Å²) >= 11 is 5.72. The summed E-state index contributed by atoms with van der Waals surface area (Å²) in [6.45, 7) is 5.64. The number of hydrogen-bond acceptors (Lipinski definition) is 2. The fraction of sp³-hybridized carbons (Fsp3) is 0.500. The molecule has 0 heterocycles. The molecule has 0 spiro atoms. The summed E-state index contributed by atoms with van der Waals surface area (Å²) < 4.78 is 5.48. The van der Waals surface area contributed by atoms with Crippen molar-refractivity contribution in [3.8, 4) is 5.75 Å². The highest BCUT2D eigenvalue weighted by molar-refractivity contribution is 6.17. The third-order valence-corrected chi connectivity index (χ3v) is 2.60. The van der Waals surface area contributed by atoms with Gasteiger partial charge in [0.2, 0.25) is 0 Å². The van der Waals surface area contributed by atoms with Gasteiger partial charge < -0.3 is 4.74 Å². The molecule has 0 saturated heterocycles. The van der Waals surface area contributed by atoms with Crippen molar-refractivity contribution >= 4 is 11.6 Å². The highest BCUT2D eigenvalue weighted by atomic mass is 35.5. The molecule has 84 valence electrons. The molecule has 0 atom stereocenters. The molecule has 1 aromatic rings. The topological polar surface area (TPSA) is 12.5 Å². The van der Waals surface area contributed by atoms with E-state index in [0.717, 1.165) is 12.3 Å². The monoisotopic (exact) mass is 227 g/mol. The van der Waals surface area contributed by atoms with Gasteiger partial charge in [0.1, 0.15) is 5.75 Å². The van der Waals surface area contributed by atoms with Gasteiger partial charge in [0.15, 0.2) is 0 Å². The minimum absolute atomic E-state index is 0.548. The second-order valence-electron chi connectivity index (χ2n) is 3.67. The lowest BCUT2D eigenvalue weighted by Gasteiger charge is -2.14. The highest BCUT2D eigenvalue weighted by Crippen LogP contribution is 2.19. The minimum atomic E-state index is 0.548. The molecule has 0 radical (unpaired) electrons. The molecule has 0 aliphatic rings. The van der Waals surface area contributed by atoms with Crippen molar-refractivity contribution in [2.75, 3.05) is 19.7 Å². The Hall–Kier alpha value is -0.730. The molecule has 15 heavy (non-hydrogen) atoms. The fourth-order valence-corrected chi connectivity index (χ4v) is 1.57. The summed E-state index contributed by atoms with van der Waals surface area (Å²) in [5.41, 5.74) is 2.44. The van der Waals surface area contributed by atoms with Crippen LogP contribution >= 0.6 is 11.6 Å². The average molecular weight is 228 g/mol. The Morgan fingerprint density at radius 1 is 1.40 bits per heavy atom. The molecule has 0 amide bonds. The molecule has 2 nitrogen and oxygen atoms in total. The van der Waals surface area contributed by atoms with Crippen LogP contribution in [0.15, 0.2) is 18.2 Å². The molecule has 0 unspecified atom stereocenters. The molecule has 0 fully saturated rings. The first-order valence-corrected chi connectivity index (χ1v) is 5.67. The molecule has 0 aliphatic heterocycles. The van der Waals surface area contributed by atoms with E-state index in [1.165, 1.54) is 11.1 Å². The Morgan fingerprint density at radius 2 is 2.13 bits per heavy atom. The highest BCUT2D eigenvalue weighted by Gasteiger charge is 2.02. The maximum atomic E-state index is 5.72. The van der Waals surface area contributed by atoms with Crippen LogP contribution in [0.4, 0.5) is 0 Å². The van der Waals surface area contributed by atoms with E-state index in [1.54, 1.807) is 0 Å². The zero-order chi connectivity index (χ0) is 11.3. The largest absolute Gasteiger partial charge is 0.494 e. The lowest BCUT2D eigenvalue weighted by Crippen LogP contribution is -2.15. The van der Waals surface area contributed by atoms with Crippen LogP contribution in [-0.2, 0) is 6.54 Å². The van der Waals surface area contributed by atoms with E-state index >= 15 is 0 Å². The van der Waals surface area contributed by atoms with Gasteiger partial charge in [-0.2, -0.15) is 0 Å². The zero-order valence-corrected chi connectivity index (χ0v) is 10.3. The standard InChI is InChI=1S/C12H18ClNO/c1-4-15-12-6-5-11(7-10(12)2)8-14(3)9-13/h5-7H,4,8-9H2,1-3H3. The first kappa shape index (κ1) is 12.3. The van der Waals surface area contributed by atoms with Crippen molar-refractivity contribution in [1.82, 2.24) is 4.90 Å². The second-order valence-corrected chi connectivity index (χ2v) is 3.91. The lowest BCUT2D eigenvalue weighted by molar-refractivity contribution is 0.337. The van der Waals surface area contributed by atoms with Crippen molar-refractivity contribution in [1.29, 1.82) is 0 Å². The lowest BCUT2D eigenvalue weighted by atomic mass is 10.1. The van der Waals surface area contributed by atoms with E-state index in [9.17, 15) is 0 Å². The molecule has 1 rings (SSSR count). The first-order valence-electron chi connectivity index (χ1n) is 5.14. The Morgan fingerprint density at radius 3 is 2.67 bits per heavy atom. The number of benzene rings is 1. The quantitative estimate of drug-likeness (QED) is 0.567. The van der Waals surface area contributed by atoms with Crippen LogP contribution in [0, 0.1) is 6.92 Å². The van der Waals surface area contributed by atoms with E-state index in [0.29, 0.717) is 12.6 Å². The van der Waals surface area contributed by atoms with Gasteiger partial charge in [-0.25, -0.2) is 0 Å². The van der Waals surface area contributed by atoms with E-state index in [4.69, 9.17) is 16.3 Å². The van der Waals surface area contributed by atoms with Crippen molar-refractivity contribution in [2.45, 2.75) is 20.4 Å². The molecule has 0 bridgehead atoms. The van der Waals surface area contributed by atoms with Gasteiger partial charge >= 0.3 is 0 Å². The summed E-state index contributed by atoms with van der Waals surface area (Å²) in [4.78, 5) is 2.05. The normalized spacial score (nSPS) is 10.7. The van der Waals surface area contributed by atoms with Crippen molar-refractivity contribution in [3.05, 3.63) is 29.3 Å². The number of hydrogen-bond donors (Lipinski definition) is 0. The number of aryl methyl sites for hydroxylation is 1. The predicted molar refractivity (Wildman–Crippen MR) is 64.5 cm³/mol. The third-order valence-electron chi connectivity index (χ3n) is 2.20. The summed E-state index contributed by atoms with van der Waals surface area (Å²) in [5, 5.41) is 0. The van der Waals surface area contributed by atoms with Crippen LogP contribution in [0.5, 0.6) is 5.75 Å². The van der Waals surface area contributed by atoms with Gasteiger partial charge in [-0.15, -0.1) is 11.6 Å². The average Bonchev–Trinajstić information content (AvgIpc) is 2.22. The van der Waals surface area contributed by atoms with Gasteiger partial charge in [0.25, 0.3) is 0 Å². The van der Waals surface area contributed by atoms with Crippen LogP contribution in [0.25, 0.3) is 0 Å². The van der Waals surface area contributed by atoms with Gasteiger partial charge in [-0.05, 0) is 38.1 Å². The van der Waals surface area contributed by atoms with Gasteiger partial charge in [-0.1, -0.05) is 12.1 Å². The molecular weight excluding hydrogens is 210 g/mol. The maximum absolute atomic E-state index is 5.72. The Bertz CT molecular complexity index is 314. The van der Waals surface area contributed by atoms with Crippen molar-refractivity contribution in [2.24, 2.45) is 0 Å². The molecular formula is C12H18ClNO. The Kier molecular flexibility index (Phi) is 4.92. The maximum Gasteiger partial charge on any atom is 0.122 e.